The van der Waals surface area contributed by atoms with Crippen molar-refractivity contribution in [2.45, 2.75) is 6.54 Å². The topological polar surface area (TPSA) is 64.6 Å². The number of benzene rings is 2. The van der Waals surface area contributed by atoms with E-state index in [1.54, 1.807) is 18.2 Å². The van der Waals surface area contributed by atoms with Gasteiger partial charge in [0.1, 0.15) is 5.82 Å². The average molecular weight is 386 g/mol. The van der Waals surface area contributed by atoms with E-state index in [1.807, 2.05) is 0 Å². The van der Waals surface area contributed by atoms with Crippen LogP contribution in [0.2, 0.25) is 10.0 Å². The van der Waals surface area contributed by atoms with Gasteiger partial charge in [-0.25, -0.2) is 9.18 Å². The van der Waals surface area contributed by atoms with E-state index in [2.05, 4.69) is 5.32 Å². The van der Waals surface area contributed by atoms with Crippen LogP contribution in [0.3, 0.4) is 0 Å². The molecule has 0 aliphatic rings. The van der Waals surface area contributed by atoms with Crippen molar-refractivity contribution in [3.63, 3.8) is 0 Å². The van der Waals surface area contributed by atoms with Crippen LogP contribution in [0.5, 0.6) is 5.75 Å². The number of halogens is 3. The highest BCUT2D eigenvalue weighted by molar-refractivity contribution is 6.37. The largest absolute Gasteiger partial charge is 0.494 e. The van der Waals surface area contributed by atoms with Crippen LogP contribution >= 0.6 is 23.2 Å². The molecular formula is C17H14Cl2FNO4. The maximum Gasteiger partial charge on any atom is 0.338 e. The summed E-state index contributed by atoms with van der Waals surface area (Å²) in [6, 6.07) is 8.69. The molecular weight excluding hydrogens is 372 g/mol. The highest BCUT2D eigenvalue weighted by Gasteiger charge is 2.16. The van der Waals surface area contributed by atoms with E-state index >= 15 is 0 Å². The molecule has 1 amide bonds. The lowest BCUT2D eigenvalue weighted by Gasteiger charge is -2.09. The standard InChI is InChI=1S/C17H14Cl2FNO4/c1-24-16-12(18)6-11(7-13(16)19)17(23)25-9-15(22)21-8-10-4-2-3-5-14(10)20/h2-7H,8-9H2,1H3,(H,21,22). The van der Waals surface area contributed by atoms with Crippen molar-refractivity contribution in [2.75, 3.05) is 13.7 Å². The molecule has 0 atom stereocenters. The van der Waals surface area contributed by atoms with Gasteiger partial charge in [0.05, 0.1) is 22.7 Å². The van der Waals surface area contributed by atoms with Crippen molar-refractivity contribution < 1.29 is 23.5 Å². The lowest BCUT2D eigenvalue weighted by Crippen LogP contribution is -2.28. The number of hydrogen-bond donors (Lipinski definition) is 1. The number of carbonyl (C=O) groups excluding carboxylic acids is 2. The van der Waals surface area contributed by atoms with Crippen LogP contribution in [-0.4, -0.2) is 25.6 Å². The van der Waals surface area contributed by atoms with Gasteiger partial charge in [-0.1, -0.05) is 41.4 Å². The molecule has 2 rings (SSSR count). The molecule has 0 aromatic heterocycles. The van der Waals surface area contributed by atoms with Crippen molar-refractivity contribution in [1.29, 1.82) is 0 Å². The highest BCUT2D eigenvalue weighted by atomic mass is 35.5. The number of carbonyl (C=O) groups is 2. The highest BCUT2D eigenvalue weighted by Crippen LogP contribution is 2.33. The fourth-order valence-corrected chi connectivity index (χ4v) is 2.62. The zero-order valence-electron chi connectivity index (χ0n) is 13.1. The van der Waals surface area contributed by atoms with Gasteiger partial charge < -0.3 is 14.8 Å². The number of hydrogen-bond acceptors (Lipinski definition) is 4. The summed E-state index contributed by atoms with van der Waals surface area (Å²) < 4.78 is 23.3. The van der Waals surface area contributed by atoms with Gasteiger partial charge in [-0.05, 0) is 18.2 Å². The maximum atomic E-state index is 13.4. The van der Waals surface area contributed by atoms with E-state index < -0.39 is 24.3 Å². The van der Waals surface area contributed by atoms with E-state index in [9.17, 15) is 14.0 Å². The van der Waals surface area contributed by atoms with Gasteiger partial charge >= 0.3 is 5.97 Å². The molecule has 0 fully saturated rings. The Kier molecular flexibility index (Phi) is 6.61. The summed E-state index contributed by atoms with van der Waals surface area (Å²) in [6.45, 7) is -0.530. The van der Waals surface area contributed by atoms with Crippen LogP contribution < -0.4 is 10.1 Å². The minimum atomic E-state index is -0.771. The fourth-order valence-electron chi connectivity index (χ4n) is 1.97. The molecule has 0 bridgehead atoms. The Hall–Kier alpha value is -2.31. The van der Waals surface area contributed by atoms with E-state index in [0.717, 1.165) is 0 Å². The quantitative estimate of drug-likeness (QED) is 0.771. The molecule has 0 saturated heterocycles. The minimum Gasteiger partial charge on any atom is -0.494 e. The summed E-state index contributed by atoms with van der Waals surface area (Å²) in [4.78, 5) is 23.7. The predicted octanol–water partition coefficient (Wildman–Crippen LogP) is 3.61. The smallest absolute Gasteiger partial charge is 0.338 e. The molecule has 0 radical (unpaired) electrons. The number of amides is 1. The van der Waals surface area contributed by atoms with Crippen LogP contribution in [0.25, 0.3) is 0 Å². The maximum absolute atomic E-state index is 13.4. The van der Waals surface area contributed by atoms with Crippen LogP contribution in [0.1, 0.15) is 15.9 Å². The van der Waals surface area contributed by atoms with Crippen LogP contribution in [-0.2, 0) is 16.1 Å². The summed E-state index contributed by atoms with van der Waals surface area (Å²) in [6.07, 6.45) is 0. The lowest BCUT2D eigenvalue weighted by molar-refractivity contribution is -0.124. The lowest BCUT2D eigenvalue weighted by atomic mass is 10.2. The van der Waals surface area contributed by atoms with E-state index in [0.29, 0.717) is 5.56 Å². The van der Waals surface area contributed by atoms with Gasteiger partial charge in [-0.15, -0.1) is 0 Å². The third-order valence-corrected chi connectivity index (χ3v) is 3.77. The van der Waals surface area contributed by atoms with Crippen molar-refractivity contribution in [3.8, 4) is 5.75 Å². The van der Waals surface area contributed by atoms with Gasteiger partial charge in [0.2, 0.25) is 0 Å². The molecule has 2 aromatic carbocycles. The molecule has 2 aromatic rings. The minimum absolute atomic E-state index is 0.0107. The Labute approximate surface area is 153 Å². The molecule has 0 aliphatic carbocycles. The van der Waals surface area contributed by atoms with Gasteiger partial charge in [0, 0.05) is 12.1 Å². The normalized spacial score (nSPS) is 10.2. The second kappa shape index (κ2) is 8.69. The second-order valence-corrected chi connectivity index (χ2v) is 5.73. The SMILES string of the molecule is COc1c(Cl)cc(C(=O)OCC(=O)NCc2ccccc2F)cc1Cl. The Morgan fingerprint density at radius 3 is 2.40 bits per heavy atom. The van der Waals surface area contributed by atoms with Gasteiger partial charge in [-0.3, -0.25) is 4.79 Å². The summed E-state index contributed by atoms with van der Waals surface area (Å²) >= 11 is 11.9. The number of ether oxygens (including phenoxy) is 2. The average Bonchev–Trinajstić information content (AvgIpc) is 2.58. The van der Waals surface area contributed by atoms with Crippen LogP contribution in [0, 0.1) is 5.82 Å². The van der Waals surface area contributed by atoms with Gasteiger partial charge in [-0.2, -0.15) is 0 Å². The van der Waals surface area contributed by atoms with E-state index in [4.69, 9.17) is 32.7 Å². The number of methoxy groups -OCH3 is 1. The summed E-state index contributed by atoms with van der Waals surface area (Å²) in [5.41, 5.74) is 0.411. The second-order valence-electron chi connectivity index (χ2n) is 4.92. The van der Waals surface area contributed by atoms with Gasteiger partial charge in [0.15, 0.2) is 12.4 Å². The van der Waals surface area contributed by atoms with Crippen molar-refractivity contribution >= 4 is 35.1 Å². The summed E-state index contributed by atoms with van der Waals surface area (Å²) in [5, 5.41) is 2.75. The first kappa shape index (κ1) is 19.0. The fraction of sp³-hybridized carbons (Fsp3) is 0.176. The van der Waals surface area contributed by atoms with Crippen molar-refractivity contribution in [1.82, 2.24) is 5.32 Å². The monoisotopic (exact) mass is 385 g/mol. The van der Waals surface area contributed by atoms with Crippen molar-refractivity contribution in [2.24, 2.45) is 0 Å². The molecule has 0 aliphatic heterocycles. The Morgan fingerprint density at radius 2 is 1.80 bits per heavy atom. The third kappa shape index (κ3) is 5.08. The molecule has 1 N–H and O–H groups in total. The number of esters is 1. The van der Waals surface area contributed by atoms with E-state index in [1.165, 1.54) is 25.3 Å². The molecule has 8 heteroatoms. The molecule has 25 heavy (non-hydrogen) atoms. The first-order valence-corrected chi connectivity index (χ1v) is 7.88. The predicted molar refractivity (Wildman–Crippen MR) is 91.5 cm³/mol. The first-order valence-electron chi connectivity index (χ1n) is 7.12. The van der Waals surface area contributed by atoms with Crippen LogP contribution in [0.15, 0.2) is 36.4 Å². The summed E-state index contributed by atoms with van der Waals surface area (Å²) in [5.74, 6) is -1.53. The molecule has 5 nitrogen and oxygen atoms in total. The molecule has 0 spiro atoms. The zero-order valence-corrected chi connectivity index (χ0v) is 14.7. The number of nitrogens with one attached hydrogen (secondary N) is 1. The summed E-state index contributed by atoms with van der Waals surface area (Å²) in [7, 11) is 1.39. The molecule has 0 heterocycles. The molecule has 0 unspecified atom stereocenters. The molecule has 0 saturated carbocycles. The van der Waals surface area contributed by atoms with Gasteiger partial charge in [0.25, 0.3) is 5.91 Å². The zero-order chi connectivity index (χ0) is 18.4. The Balaban J connectivity index is 1.89. The van der Waals surface area contributed by atoms with Crippen LogP contribution in [0.4, 0.5) is 4.39 Å². The Morgan fingerprint density at radius 1 is 1.16 bits per heavy atom. The van der Waals surface area contributed by atoms with E-state index in [-0.39, 0.29) is 27.9 Å². The Bertz CT molecular complexity index is 775. The molecule has 132 valence electrons. The van der Waals surface area contributed by atoms with Crippen molar-refractivity contribution in [3.05, 3.63) is 63.4 Å². The third-order valence-electron chi connectivity index (χ3n) is 3.21. The number of rotatable bonds is 6. The first-order chi connectivity index (χ1) is 11.9.